The molecule has 0 spiro atoms. The Kier molecular flexibility index (Phi) is 5.07. The van der Waals surface area contributed by atoms with Crippen molar-refractivity contribution in [3.05, 3.63) is 71.8 Å². The Bertz CT molecular complexity index is 677. The number of hydrogen-bond acceptors (Lipinski definition) is 2. The van der Waals surface area contributed by atoms with Crippen molar-refractivity contribution in [3.8, 4) is 0 Å². The number of fused-ring (bicyclic) bond motifs is 2. The molecule has 2 saturated carbocycles. The molecule has 3 N–H and O–H groups in total. The van der Waals surface area contributed by atoms with Crippen LogP contribution in [-0.2, 0) is 4.79 Å². The van der Waals surface area contributed by atoms with Crippen LogP contribution in [0.15, 0.2) is 60.7 Å². The Morgan fingerprint density at radius 3 is 1.88 bits per heavy atom. The first-order valence-corrected chi connectivity index (χ1v) is 9.88. The smallest absolute Gasteiger partial charge is 0.232 e. The van der Waals surface area contributed by atoms with Crippen molar-refractivity contribution in [3.63, 3.8) is 0 Å². The molecule has 0 aromatic heterocycles. The first-order valence-electron chi connectivity index (χ1n) is 9.88. The van der Waals surface area contributed by atoms with E-state index in [0.29, 0.717) is 17.9 Å². The largest absolute Gasteiger partial charge is 0.352 e. The van der Waals surface area contributed by atoms with Crippen molar-refractivity contribution in [2.24, 2.45) is 17.6 Å². The van der Waals surface area contributed by atoms with Crippen LogP contribution < -0.4 is 11.1 Å². The third kappa shape index (κ3) is 3.54. The summed E-state index contributed by atoms with van der Waals surface area (Å²) in [5.41, 5.74) is 8.35. The van der Waals surface area contributed by atoms with Crippen LogP contribution in [-0.4, -0.2) is 18.0 Å². The van der Waals surface area contributed by atoms with E-state index in [2.05, 4.69) is 29.6 Å². The van der Waals surface area contributed by atoms with Gasteiger partial charge < -0.3 is 11.1 Å². The molecule has 2 aliphatic rings. The second-order valence-corrected chi connectivity index (χ2v) is 7.97. The van der Waals surface area contributed by atoms with Gasteiger partial charge in [0.1, 0.15) is 0 Å². The average molecular weight is 348 g/mol. The molecular weight excluding hydrogens is 320 g/mol. The van der Waals surface area contributed by atoms with E-state index in [0.717, 1.165) is 24.0 Å². The minimum Gasteiger partial charge on any atom is -0.352 e. The zero-order chi connectivity index (χ0) is 17.9. The summed E-state index contributed by atoms with van der Waals surface area (Å²) in [7, 11) is 0. The number of rotatable bonds is 4. The lowest BCUT2D eigenvalue weighted by Crippen LogP contribution is -2.54. The van der Waals surface area contributed by atoms with Crippen LogP contribution in [0.5, 0.6) is 0 Å². The molecule has 2 bridgehead atoms. The van der Waals surface area contributed by atoms with Gasteiger partial charge in [-0.05, 0) is 48.6 Å². The lowest BCUT2D eigenvalue weighted by molar-refractivity contribution is -0.124. The van der Waals surface area contributed by atoms with Gasteiger partial charge in [0, 0.05) is 12.1 Å². The lowest BCUT2D eigenvalue weighted by atomic mass is 9.67. The average Bonchev–Trinajstić information content (AvgIpc) is 2.64. The van der Waals surface area contributed by atoms with Gasteiger partial charge in [0.2, 0.25) is 5.91 Å². The summed E-state index contributed by atoms with van der Waals surface area (Å²) in [6.45, 7) is 0. The number of nitrogens with two attached hydrogens (primary N) is 1. The van der Waals surface area contributed by atoms with Crippen LogP contribution in [0, 0.1) is 11.8 Å². The van der Waals surface area contributed by atoms with Crippen molar-refractivity contribution in [1.29, 1.82) is 0 Å². The summed E-state index contributed by atoms with van der Waals surface area (Å²) in [6.07, 6.45) is 5.74. The van der Waals surface area contributed by atoms with Crippen molar-refractivity contribution >= 4 is 5.91 Å². The van der Waals surface area contributed by atoms with Crippen molar-refractivity contribution < 1.29 is 4.79 Å². The molecule has 4 rings (SSSR count). The van der Waals surface area contributed by atoms with Crippen molar-refractivity contribution in [2.45, 2.75) is 50.1 Å². The van der Waals surface area contributed by atoms with Gasteiger partial charge in [-0.2, -0.15) is 0 Å². The van der Waals surface area contributed by atoms with Crippen LogP contribution in [0.3, 0.4) is 0 Å². The number of hydrogen-bond donors (Lipinski definition) is 2. The molecule has 2 aromatic carbocycles. The van der Waals surface area contributed by atoms with E-state index < -0.39 is 0 Å². The topological polar surface area (TPSA) is 55.1 Å². The van der Waals surface area contributed by atoms with Crippen LogP contribution in [0.1, 0.15) is 49.1 Å². The number of carbonyl (C=O) groups excluding carboxylic acids is 1. The molecule has 26 heavy (non-hydrogen) atoms. The maximum Gasteiger partial charge on any atom is 0.232 e. The fourth-order valence-electron chi connectivity index (χ4n) is 5.06. The Morgan fingerprint density at radius 2 is 1.38 bits per heavy atom. The fourth-order valence-corrected chi connectivity index (χ4v) is 5.06. The van der Waals surface area contributed by atoms with E-state index in [1.54, 1.807) is 0 Å². The molecule has 3 heteroatoms. The predicted molar refractivity (Wildman–Crippen MR) is 105 cm³/mol. The van der Waals surface area contributed by atoms with Gasteiger partial charge in [-0.3, -0.25) is 4.79 Å². The highest BCUT2D eigenvalue weighted by molar-refractivity contribution is 5.87. The van der Waals surface area contributed by atoms with Gasteiger partial charge in [-0.1, -0.05) is 67.1 Å². The monoisotopic (exact) mass is 348 g/mol. The Balaban J connectivity index is 1.59. The van der Waals surface area contributed by atoms with Crippen LogP contribution in [0.4, 0.5) is 0 Å². The minimum atomic E-state index is -0.256. The van der Waals surface area contributed by atoms with Crippen molar-refractivity contribution in [2.75, 3.05) is 0 Å². The quantitative estimate of drug-likeness (QED) is 0.882. The molecule has 2 unspecified atom stereocenters. The molecule has 2 fully saturated rings. The van der Waals surface area contributed by atoms with Gasteiger partial charge in [0.25, 0.3) is 0 Å². The standard InChI is InChI=1S/C23H28N2O/c24-20-14-18-12-7-13-19(15-20)22(18)25-23(26)21(16-8-3-1-4-9-16)17-10-5-2-6-11-17/h1-6,8-11,18-22H,7,12-15,24H2,(H,25,26). The zero-order valence-corrected chi connectivity index (χ0v) is 15.2. The number of carbonyl (C=O) groups is 1. The van der Waals surface area contributed by atoms with Gasteiger partial charge in [-0.25, -0.2) is 0 Å². The van der Waals surface area contributed by atoms with E-state index in [1.165, 1.54) is 19.3 Å². The summed E-state index contributed by atoms with van der Waals surface area (Å²) in [6, 6.07) is 20.8. The highest BCUT2D eigenvalue weighted by Crippen LogP contribution is 2.40. The summed E-state index contributed by atoms with van der Waals surface area (Å²) in [5.74, 6) is 0.941. The molecule has 0 heterocycles. The summed E-state index contributed by atoms with van der Waals surface area (Å²) < 4.78 is 0. The van der Waals surface area contributed by atoms with Crippen molar-refractivity contribution in [1.82, 2.24) is 5.32 Å². The molecule has 3 nitrogen and oxygen atoms in total. The molecule has 136 valence electrons. The van der Waals surface area contributed by atoms with Crippen LogP contribution in [0.2, 0.25) is 0 Å². The van der Waals surface area contributed by atoms with Gasteiger partial charge >= 0.3 is 0 Å². The molecule has 2 aromatic rings. The van der Waals surface area contributed by atoms with Gasteiger partial charge in [-0.15, -0.1) is 0 Å². The second-order valence-electron chi connectivity index (χ2n) is 7.97. The summed E-state index contributed by atoms with van der Waals surface area (Å²) >= 11 is 0. The summed E-state index contributed by atoms with van der Waals surface area (Å²) in [4.78, 5) is 13.4. The first-order chi connectivity index (χ1) is 12.7. The molecule has 0 radical (unpaired) electrons. The van der Waals surface area contributed by atoms with E-state index in [4.69, 9.17) is 5.73 Å². The maximum absolute atomic E-state index is 13.4. The predicted octanol–water partition coefficient (Wildman–Crippen LogP) is 3.84. The Morgan fingerprint density at radius 1 is 0.885 bits per heavy atom. The highest BCUT2D eigenvalue weighted by Gasteiger charge is 2.40. The van der Waals surface area contributed by atoms with Gasteiger partial charge in [0.15, 0.2) is 0 Å². The first kappa shape index (κ1) is 17.3. The van der Waals surface area contributed by atoms with E-state index in [1.807, 2.05) is 36.4 Å². The molecule has 0 saturated heterocycles. The Labute approximate surface area is 156 Å². The number of nitrogens with one attached hydrogen (secondary N) is 1. The normalized spacial score (nSPS) is 27.9. The molecule has 0 aliphatic heterocycles. The third-order valence-corrected chi connectivity index (χ3v) is 6.21. The van der Waals surface area contributed by atoms with E-state index in [9.17, 15) is 4.79 Å². The SMILES string of the molecule is NC1CC2CCCC(C1)C2NC(=O)C(c1ccccc1)c1ccccc1. The molecule has 1 amide bonds. The van der Waals surface area contributed by atoms with Gasteiger partial charge in [0.05, 0.1) is 5.92 Å². The third-order valence-electron chi connectivity index (χ3n) is 6.21. The van der Waals surface area contributed by atoms with Crippen LogP contribution >= 0.6 is 0 Å². The minimum absolute atomic E-state index is 0.125. The lowest BCUT2D eigenvalue weighted by Gasteiger charge is -2.45. The fraction of sp³-hybridized carbons (Fsp3) is 0.435. The second kappa shape index (κ2) is 7.63. The molecule has 2 aliphatic carbocycles. The summed E-state index contributed by atoms with van der Waals surface area (Å²) in [5, 5.41) is 3.44. The number of amides is 1. The zero-order valence-electron chi connectivity index (χ0n) is 15.2. The molecular formula is C23H28N2O. The highest BCUT2D eigenvalue weighted by atomic mass is 16.2. The Hall–Kier alpha value is -2.13. The maximum atomic E-state index is 13.4. The van der Waals surface area contributed by atoms with Crippen LogP contribution in [0.25, 0.3) is 0 Å². The van der Waals surface area contributed by atoms with E-state index in [-0.39, 0.29) is 17.9 Å². The number of benzene rings is 2. The molecule has 2 atom stereocenters. The van der Waals surface area contributed by atoms with E-state index >= 15 is 0 Å².